The van der Waals surface area contributed by atoms with Crippen LogP contribution in [0.4, 0.5) is 21.5 Å². The monoisotopic (exact) mass is 458 g/mol. The molecule has 0 fully saturated rings. The molecule has 12 heteroatoms. The average molecular weight is 458 g/mol. The summed E-state index contributed by atoms with van der Waals surface area (Å²) in [7, 11) is -4.49. The van der Waals surface area contributed by atoms with E-state index in [2.05, 4.69) is 15.2 Å². The Bertz CT molecular complexity index is 1330. The molecule has 0 aromatic heterocycles. The fourth-order valence-electron chi connectivity index (χ4n) is 2.65. The molecule has 3 rings (SSSR count). The van der Waals surface area contributed by atoms with E-state index in [1.807, 2.05) is 0 Å². The fraction of sp³-hybridized carbons (Fsp3) is 0. The Labute approximate surface area is 181 Å². The van der Waals surface area contributed by atoms with Crippen LogP contribution in [0.1, 0.15) is 15.9 Å². The van der Waals surface area contributed by atoms with E-state index in [4.69, 9.17) is 0 Å². The smallest absolute Gasteiger partial charge is 0.337 e. The van der Waals surface area contributed by atoms with Crippen LogP contribution < -0.4 is 10.1 Å². The standard InChI is InChI=1S/C20H15FN4O6S/c21-16-7-3-1-5-13(16)12-22-23-18-10-9-14(25(28)29)11-19(18)32(30,31)24-17-8-4-2-6-15(17)20(26)27/h1-12,23-24H,(H,26,27). The fourth-order valence-corrected chi connectivity index (χ4v) is 3.91. The van der Waals surface area contributed by atoms with Crippen molar-refractivity contribution in [3.05, 3.63) is 93.8 Å². The highest BCUT2D eigenvalue weighted by atomic mass is 32.2. The lowest BCUT2D eigenvalue weighted by molar-refractivity contribution is -0.385. The molecule has 0 radical (unpaired) electrons. The largest absolute Gasteiger partial charge is 0.478 e. The molecule has 0 heterocycles. The molecule has 3 N–H and O–H groups in total. The predicted molar refractivity (Wildman–Crippen MR) is 115 cm³/mol. The summed E-state index contributed by atoms with van der Waals surface area (Å²) in [6.45, 7) is 0. The molecule has 0 saturated heterocycles. The number of carboxylic acid groups (broad SMARTS) is 1. The molecule has 0 bridgehead atoms. The maximum atomic E-state index is 13.7. The quantitative estimate of drug-likeness (QED) is 0.265. The summed E-state index contributed by atoms with van der Waals surface area (Å²) in [5.74, 6) is -1.92. The molecule has 0 aliphatic heterocycles. The molecule has 32 heavy (non-hydrogen) atoms. The average Bonchev–Trinajstić information content (AvgIpc) is 2.75. The normalized spacial score (nSPS) is 11.3. The number of benzene rings is 3. The lowest BCUT2D eigenvalue weighted by Gasteiger charge is -2.13. The zero-order chi connectivity index (χ0) is 23.3. The van der Waals surface area contributed by atoms with Gasteiger partial charge in [0.15, 0.2) is 0 Å². The van der Waals surface area contributed by atoms with Crippen molar-refractivity contribution >= 4 is 39.3 Å². The maximum absolute atomic E-state index is 13.7. The first kappa shape index (κ1) is 22.4. The van der Waals surface area contributed by atoms with E-state index < -0.39 is 37.3 Å². The lowest BCUT2D eigenvalue weighted by atomic mass is 10.2. The number of non-ortho nitro benzene ring substituents is 1. The highest BCUT2D eigenvalue weighted by Gasteiger charge is 2.24. The van der Waals surface area contributed by atoms with E-state index in [9.17, 15) is 32.8 Å². The Morgan fingerprint density at radius 3 is 2.44 bits per heavy atom. The summed E-state index contributed by atoms with van der Waals surface area (Å²) in [6.07, 6.45) is 1.11. The van der Waals surface area contributed by atoms with Crippen LogP contribution in [-0.2, 0) is 10.0 Å². The number of rotatable bonds is 8. The van der Waals surface area contributed by atoms with Crippen molar-refractivity contribution in [3.8, 4) is 0 Å². The molecule has 0 aliphatic carbocycles. The number of sulfonamides is 1. The predicted octanol–water partition coefficient (Wildman–Crippen LogP) is 3.68. The van der Waals surface area contributed by atoms with Gasteiger partial charge in [0.05, 0.1) is 28.1 Å². The molecule has 3 aromatic rings. The highest BCUT2D eigenvalue weighted by molar-refractivity contribution is 7.93. The van der Waals surface area contributed by atoms with Gasteiger partial charge >= 0.3 is 5.97 Å². The minimum atomic E-state index is -4.49. The van der Waals surface area contributed by atoms with Gasteiger partial charge in [0.25, 0.3) is 15.7 Å². The first-order chi connectivity index (χ1) is 15.2. The molecular formula is C20H15FN4O6S. The number of hydrogen-bond donors (Lipinski definition) is 3. The third-order valence-corrected chi connectivity index (χ3v) is 5.57. The van der Waals surface area contributed by atoms with Crippen molar-refractivity contribution < 1.29 is 27.6 Å². The van der Waals surface area contributed by atoms with Crippen LogP contribution >= 0.6 is 0 Å². The first-order valence-electron chi connectivity index (χ1n) is 8.86. The lowest BCUT2D eigenvalue weighted by Crippen LogP contribution is -2.17. The Hall–Kier alpha value is -4.32. The number of halogens is 1. The van der Waals surface area contributed by atoms with Gasteiger partial charge in [-0.25, -0.2) is 17.6 Å². The van der Waals surface area contributed by atoms with Crippen molar-refractivity contribution in [2.75, 3.05) is 10.1 Å². The van der Waals surface area contributed by atoms with Gasteiger partial charge in [-0.2, -0.15) is 5.10 Å². The molecule has 0 spiro atoms. The molecule has 0 aliphatic rings. The molecule has 0 unspecified atom stereocenters. The van der Waals surface area contributed by atoms with E-state index in [0.29, 0.717) is 0 Å². The van der Waals surface area contributed by atoms with Crippen molar-refractivity contribution in [2.24, 2.45) is 5.10 Å². The van der Waals surface area contributed by atoms with Gasteiger partial charge in [0.2, 0.25) is 0 Å². The van der Waals surface area contributed by atoms with Gasteiger partial charge in [0.1, 0.15) is 10.7 Å². The van der Waals surface area contributed by atoms with Crippen LogP contribution in [0.15, 0.2) is 76.7 Å². The molecule has 164 valence electrons. The summed E-state index contributed by atoms with van der Waals surface area (Å²) < 4.78 is 41.8. The zero-order valence-corrected chi connectivity index (χ0v) is 16.9. The zero-order valence-electron chi connectivity index (χ0n) is 16.1. The van der Waals surface area contributed by atoms with Gasteiger partial charge in [-0.3, -0.25) is 20.3 Å². The van der Waals surface area contributed by atoms with Crippen LogP contribution in [0, 0.1) is 15.9 Å². The number of nitro benzene ring substituents is 1. The maximum Gasteiger partial charge on any atom is 0.337 e. The third-order valence-electron chi connectivity index (χ3n) is 4.16. The van der Waals surface area contributed by atoms with Crippen LogP contribution in [0.2, 0.25) is 0 Å². The molecule has 0 saturated carbocycles. The SMILES string of the molecule is O=C(O)c1ccccc1NS(=O)(=O)c1cc([N+](=O)[O-])ccc1NN=Cc1ccccc1F. The number of aromatic carboxylic acids is 1. The molecule has 10 nitrogen and oxygen atoms in total. The van der Waals surface area contributed by atoms with Gasteiger partial charge < -0.3 is 5.11 Å². The van der Waals surface area contributed by atoms with Gasteiger partial charge in [0, 0.05) is 17.7 Å². The summed E-state index contributed by atoms with van der Waals surface area (Å²) in [6, 6.07) is 14.0. The third kappa shape index (κ3) is 5.05. The number of nitrogens with zero attached hydrogens (tertiary/aromatic N) is 2. The summed E-state index contributed by atoms with van der Waals surface area (Å²) in [5.41, 5.74) is 1.35. The van der Waals surface area contributed by atoms with E-state index >= 15 is 0 Å². The second-order valence-corrected chi connectivity index (χ2v) is 7.94. The second-order valence-electron chi connectivity index (χ2n) is 6.29. The van der Waals surface area contributed by atoms with E-state index in [1.54, 1.807) is 6.07 Å². The number of hydrazone groups is 1. The first-order valence-corrected chi connectivity index (χ1v) is 10.3. The second kappa shape index (κ2) is 9.22. The molecule has 0 atom stereocenters. The summed E-state index contributed by atoms with van der Waals surface area (Å²) >= 11 is 0. The van der Waals surface area contributed by atoms with Crippen LogP contribution in [-0.4, -0.2) is 30.6 Å². The Kier molecular flexibility index (Phi) is 6.45. The Morgan fingerprint density at radius 2 is 1.75 bits per heavy atom. The number of para-hydroxylation sites is 1. The molecular weight excluding hydrogens is 443 g/mol. The van der Waals surface area contributed by atoms with E-state index in [1.165, 1.54) is 42.5 Å². The van der Waals surface area contributed by atoms with Crippen LogP contribution in [0.3, 0.4) is 0 Å². The number of nitrogens with one attached hydrogen (secondary N) is 2. The molecule has 3 aromatic carbocycles. The van der Waals surface area contributed by atoms with E-state index in [-0.39, 0.29) is 22.5 Å². The number of carboxylic acids is 1. The van der Waals surface area contributed by atoms with Gasteiger partial charge in [-0.15, -0.1) is 0 Å². The topological polar surface area (TPSA) is 151 Å². The summed E-state index contributed by atoms with van der Waals surface area (Å²) in [5, 5.41) is 24.2. The van der Waals surface area contributed by atoms with Crippen LogP contribution in [0.25, 0.3) is 0 Å². The number of hydrogen-bond acceptors (Lipinski definition) is 7. The summed E-state index contributed by atoms with van der Waals surface area (Å²) in [4.78, 5) is 21.2. The number of nitro groups is 1. The van der Waals surface area contributed by atoms with Crippen molar-refractivity contribution in [1.29, 1.82) is 0 Å². The molecule has 0 amide bonds. The minimum Gasteiger partial charge on any atom is -0.478 e. The van der Waals surface area contributed by atoms with Gasteiger partial charge in [-0.05, 0) is 24.3 Å². The van der Waals surface area contributed by atoms with Crippen LogP contribution in [0.5, 0.6) is 0 Å². The van der Waals surface area contributed by atoms with Crippen molar-refractivity contribution in [3.63, 3.8) is 0 Å². The van der Waals surface area contributed by atoms with Crippen molar-refractivity contribution in [2.45, 2.75) is 4.90 Å². The number of anilines is 2. The van der Waals surface area contributed by atoms with E-state index in [0.717, 1.165) is 24.4 Å². The minimum absolute atomic E-state index is 0.125. The Morgan fingerprint density at radius 1 is 1.06 bits per heavy atom. The van der Waals surface area contributed by atoms with Crippen molar-refractivity contribution in [1.82, 2.24) is 0 Å². The number of carbonyl (C=O) groups is 1. The Balaban J connectivity index is 2.00. The highest BCUT2D eigenvalue weighted by Crippen LogP contribution is 2.29. The van der Waals surface area contributed by atoms with Gasteiger partial charge in [-0.1, -0.05) is 30.3 Å².